The van der Waals surface area contributed by atoms with Crippen LogP contribution in [0.5, 0.6) is 0 Å². The quantitative estimate of drug-likeness (QED) is 0.455. The van der Waals surface area contributed by atoms with Crippen molar-refractivity contribution in [1.82, 2.24) is 0 Å². The van der Waals surface area contributed by atoms with Crippen molar-refractivity contribution in [3.63, 3.8) is 0 Å². The van der Waals surface area contributed by atoms with Crippen molar-refractivity contribution < 1.29 is 4.79 Å². The Labute approximate surface area is 98.6 Å². The number of halogens is 1. The number of rotatable bonds is 3. The summed E-state index contributed by atoms with van der Waals surface area (Å²) in [5.74, 6) is 0.0278. The molecule has 0 saturated heterocycles. The molecule has 0 radical (unpaired) electrons. The molecule has 2 heteroatoms. The van der Waals surface area contributed by atoms with Crippen LogP contribution < -0.4 is 0 Å². The van der Waals surface area contributed by atoms with E-state index >= 15 is 0 Å². The van der Waals surface area contributed by atoms with E-state index in [0.29, 0.717) is 5.56 Å². The van der Waals surface area contributed by atoms with Crippen molar-refractivity contribution in [2.45, 2.75) is 13.8 Å². The van der Waals surface area contributed by atoms with E-state index in [1.165, 1.54) is 5.57 Å². The summed E-state index contributed by atoms with van der Waals surface area (Å²) in [6, 6.07) is 7.34. The molecule has 0 aliphatic heterocycles. The van der Waals surface area contributed by atoms with E-state index in [0.717, 1.165) is 4.47 Å². The number of benzene rings is 1. The topological polar surface area (TPSA) is 17.1 Å². The molecule has 0 unspecified atom stereocenters. The van der Waals surface area contributed by atoms with Gasteiger partial charge < -0.3 is 0 Å². The standard InChI is InChI=1S/C13H13BrO/c1-10(2)4-3-5-13(15)11-6-8-12(14)9-7-11/h3-9H,1-2H3. The minimum absolute atomic E-state index is 0.0278. The Morgan fingerprint density at radius 3 is 2.33 bits per heavy atom. The number of allylic oxidation sites excluding steroid dienone is 4. The van der Waals surface area contributed by atoms with Gasteiger partial charge in [-0.05, 0) is 44.2 Å². The number of ketones is 1. The molecule has 0 aromatic heterocycles. The van der Waals surface area contributed by atoms with E-state index in [9.17, 15) is 4.79 Å². The number of carbonyl (C=O) groups excluding carboxylic acids is 1. The highest BCUT2D eigenvalue weighted by Crippen LogP contribution is 2.11. The highest BCUT2D eigenvalue weighted by atomic mass is 79.9. The molecule has 1 rings (SSSR count). The monoisotopic (exact) mass is 264 g/mol. The van der Waals surface area contributed by atoms with Crippen LogP contribution in [-0.4, -0.2) is 5.78 Å². The predicted molar refractivity (Wildman–Crippen MR) is 67.0 cm³/mol. The van der Waals surface area contributed by atoms with Crippen LogP contribution in [0.2, 0.25) is 0 Å². The number of hydrogen-bond donors (Lipinski definition) is 0. The molecule has 15 heavy (non-hydrogen) atoms. The van der Waals surface area contributed by atoms with Crippen LogP contribution in [0.1, 0.15) is 24.2 Å². The lowest BCUT2D eigenvalue weighted by molar-refractivity contribution is 0.104. The third-order valence-corrected chi connectivity index (χ3v) is 2.33. The molecule has 0 heterocycles. The summed E-state index contributed by atoms with van der Waals surface area (Å²) in [5, 5.41) is 0. The maximum Gasteiger partial charge on any atom is 0.185 e. The Balaban J connectivity index is 2.74. The largest absolute Gasteiger partial charge is 0.289 e. The summed E-state index contributed by atoms with van der Waals surface area (Å²) in [6.45, 7) is 3.99. The molecule has 0 fully saturated rings. The van der Waals surface area contributed by atoms with Gasteiger partial charge >= 0.3 is 0 Å². The van der Waals surface area contributed by atoms with E-state index in [2.05, 4.69) is 15.9 Å². The lowest BCUT2D eigenvalue weighted by Crippen LogP contribution is -1.92. The van der Waals surface area contributed by atoms with Crippen LogP contribution in [0.3, 0.4) is 0 Å². The first-order chi connectivity index (χ1) is 7.09. The van der Waals surface area contributed by atoms with Gasteiger partial charge in [0, 0.05) is 10.0 Å². The second-order valence-corrected chi connectivity index (χ2v) is 4.39. The average molecular weight is 265 g/mol. The van der Waals surface area contributed by atoms with Gasteiger partial charge in [0.15, 0.2) is 5.78 Å². The van der Waals surface area contributed by atoms with Crippen molar-refractivity contribution in [3.05, 3.63) is 58.1 Å². The SMILES string of the molecule is CC(C)=CC=CC(=O)c1ccc(Br)cc1. The molecule has 0 amide bonds. The Kier molecular flexibility index (Phi) is 4.50. The Hall–Kier alpha value is -1.15. The van der Waals surface area contributed by atoms with Gasteiger partial charge in [-0.1, -0.05) is 33.7 Å². The minimum Gasteiger partial charge on any atom is -0.289 e. The first-order valence-electron chi connectivity index (χ1n) is 4.71. The highest BCUT2D eigenvalue weighted by molar-refractivity contribution is 9.10. The van der Waals surface area contributed by atoms with Gasteiger partial charge in [0.05, 0.1) is 0 Å². The van der Waals surface area contributed by atoms with Crippen molar-refractivity contribution in [2.75, 3.05) is 0 Å². The fourth-order valence-corrected chi connectivity index (χ4v) is 1.30. The first kappa shape index (κ1) is 11.9. The average Bonchev–Trinajstić information content (AvgIpc) is 2.18. The number of carbonyl (C=O) groups is 1. The van der Waals surface area contributed by atoms with Crippen LogP contribution in [0.4, 0.5) is 0 Å². The zero-order chi connectivity index (χ0) is 11.3. The van der Waals surface area contributed by atoms with Crippen LogP contribution in [-0.2, 0) is 0 Å². The molecular weight excluding hydrogens is 252 g/mol. The van der Waals surface area contributed by atoms with Crippen molar-refractivity contribution in [3.8, 4) is 0 Å². The molecule has 0 bridgehead atoms. The van der Waals surface area contributed by atoms with Gasteiger partial charge in [-0.3, -0.25) is 4.79 Å². The zero-order valence-corrected chi connectivity index (χ0v) is 10.4. The summed E-state index contributed by atoms with van der Waals surface area (Å²) in [7, 11) is 0. The molecule has 0 saturated carbocycles. The van der Waals surface area contributed by atoms with Gasteiger partial charge in [0.2, 0.25) is 0 Å². The second-order valence-electron chi connectivity index (χ2n) is 3.47. The van der Waals surface area contributed by atoms with Gasteiger partial charge in [-0.15, -0.1) is 0 Å². The molecule has 78 valence electrons. The minimum atomic E-state index is 0.0278. The Morgan fingerprint density at radius 1 is 1.20 bits per heavy atom. The van der Waals surface area contributed by atoms with Crippen molar-refractivity contribution in [1.29, 1.82) is 0 Å². The molecule has 1 nitrogen and oxygen atoms in total. The predicted octanol–water partition coefficient (Wildman–Crippen LogP) is 4.15. The molecule has 0 aliphatic rings. The van der Waals surface area contributed by atoms with Crippen LogP contribution in [0.25, 0.3) is 0 Å². The molecule has 0 spiro atoms. The summed E-state index contributed by atoms with van der Waals surface area (Å²) in [5.41, 5.74) is 1.88. The van der Waals surface area contributed by atoms with E-state index in [4.69, 9.17) is 0 Å². The summed E-state index contributed by atoms with van der Waals surface area (Å²) in [6.07, 6.45) is 5.27. The molecule has 1 aromatic rings. The fraction of sp³-hybridized carbons (Fsp3) is 0.154. The third kappa shape index (κ3) is 4.26. The van der Waals surface area contributed by atoms with Crippen LogP contribution >= 0.6 is 15.9 Å². The third-order valence-electron chi connectivity index (χ3n) is 1.81. The molecular formula is C13H13BrO. The Morgan fingerprint density at radius 2 is 1.80 bits per heavy atom. The van der Waals surface area contributed by atoms with E-state index < -0.39 is 0 Å². The van der Waals surface area contributed by atoms with E-state index in [1.54, 1.807) is 24.3 Å². The lowest BCUT2D eigenvalue weighted by Gasteiger charge is -1.95. The first-order valence-corrected chi connectivity index (χ1v) is 5.50. The van der Waals surface area contributed by atoms with Gasteiger partial charge in [0.1, 0.15) is 0 Å². The lowest BCUT2D eigenvalue weighted by atomic mass is 10.1. The van der Waals surface area contributed by atoms with E-state index in [-0.39, 0.29) is 5.78 Å². The van der Waals surface area contributed by atoms with Crippen molar-refractivity contribution >= 4 is 21.7 Å². The van der Waals surface area contributed by atoms with Gasteiger partial charge in [-0.2, -0.15) is 0 Å². The van der Waals surface area contributed by atoms with Crippen LogP contribution in [0, 0.1) is 0 Å². The zero-order valence-electron chi connectivity index (χ0n) is 8.83. The maximum atomic E-state index is 11.6. The molecule has 0 N–H and O–H groups in total. The summed E-state index contributed by atoms with van der Waals surface area (Å²) < 4.78 is 0.979. The molecule has 0 aliphatic carbocycles. The maximum absolute atomic E-state index is 11.6. The van der Waals surface area contributed by atoms with Crippen LogP contribution in [0.15, 0.2) is 52.5 Å². The normalized spacial score (nSPS) is 10.3. The van der Waals surface area contributed by atoms with Gasteiger partial charge in [0.25, 0.3) is 0 Å². The smallest absolute Gasteiger partial charge is 0.185 e. The Bertz CT molecular complexity index is 395. The fourth-order valence-electron chi connectivity index (χ4n) is 1.04. The van der Waals surface area contributed by atoms with E-state index in [1.807, 2.05) is 32.1 Å². The summed E-state index contributed by atoms with van der Waals surface area (Å²) in [4.78, 5) is 11.6. The van der Waals surface area contributed by atoms with Crippen molar-refractivity contribution in [2.24, 2.45) is 0 Å². The number of hydrogen-bond acceptors (Lipinski definition) is 1. The summed E-state index contributed by atoms with van der Waals surface area (Å²) >= 11 is 3.33. The molecule has 1 aromatic carbocycles. The second kappa shape index (κ2) is 5.66. The molecule has 0 atom stereocenters. The van der Waals surface area contributed by atoms with Gasteiger partial charge in [-0.25, -0.2) is 0 Å². The highest BCUT2D eigenvalue weighted by Gasteiger charge is 1.99.